The molecular formula is C20H14N4O3. The van der Waals surface area contributed by atoms with Crippen LogP contribution < -0.4 is 0 Å². The number of nitro benzene ring substituents is 1. The molecule has 0 aliphatic heterocycles. The largest absolute Gasteiger partial charge is 0.507 e. The van der Waals surface area contributed by atoms with Crippen LogP contribution in [0.4, 0.5) is 11.5 Å². The molecule has 0 radical (unpaired) electrons. The molecule has 0 aliphatic carbocycles. The van der Waals surface area contributed by atoms with Crippen molar-refractivity contribution < 1.29 is 10.0 Å². The number of nitrogens with zero attached hydrogens (tertiary/aromatic N) is 4. The number of hydrogen-bond donors (Lipinski definition) is 1. The van der Waals surface area contributed by atoms with Gasteiger partial charge in [0, 0.05) is 35.7 Å². The number of para-hydroxylation sites is 1. The number of pyridine rings is 1. The van der Waals surface area contributed by atoms with Crippen molar-refractivity contribution in [1.82, 2.24) is 9.38 Å². The molecule has 27 heavy (non-hydrogen) atoms. The molecule has 0 fully saturated rings. The van der Waals surface area contributed by atoms with E-state index in [1.54, 1.807) is 47.0 Å². The van der Waals surface area contributed by atoms with E-state index in [2.05, 4.69) is 9.98 Å². The number of rotatable bonds is 4. The quantitative estimate of drug-likeness (QED) is 0.333. The van der Waals surface area contributed by atoms with Crippen molar-refractivity contribution in [3.63, 3.8) is 0 Å². The molecule has 2 aromatic heterocycles. The minimum atomic E-state index is -0.440. The molecule has 0 saturated heterocycles. The number of fused-ring (bicyclic) bond motifs is 1. The molecule has 2 heterocycles. The number of aromatic nitrogens is 2. The van der Waals surface area contributed by atoms with Crippen LogP contribution in [0.1, 0.15) is 5.56 Å². The van der Waals surface area contributed by atoms with E-state index in [1.807, 2.05) is 24.4 Å². The summed E-state index contributed by atoms with van der Waals surface area (Å²) in [6.45, 7) is 0. The van der Waals surface area contributed by atoms with Crippen LogP contribution in [0.25, 0.3) is 16.9 Å². The van der Waals surface area contributed by atoms with Crippen LogP contribution in [0.2, 0.25) is 0 Å². The fourth-order valence-electron chi connectivity index (χ4n) is 2.79. The molecule has 0 atom stereocenters. The van der Waals surface area contributed by atoms with E-state index in [0.29, 0.717) is 28.3 Å². The summed E-state index contributed by atoms with van der Waals surface area (Å²) in [5.41, 5.74) is 2.34. The standard InChI is InChI=1S/C20H14N4O3/c25-17-9-2-1-6-15(17)13-21-20-19(22-18-10-3-4-11-23(18)20)14-7-5-8-16(12-14)24(26)27/h1-13,25H. The Balaban J connectivity index is 1.89. The Labute approximate surface area is 154 Å². The molecule has 1 N–H and O–H groups in total. The number of phenolic OH excluding ortho intramolecular Hbond substituents is 1. The van der Waals surface area contributed by atoms with Gasteiger partial charge in [-0.1, -0.05) is 30.3 Å². The fourth-order valence-corrected chi connectivity index (χ4v) is 2.79. The summed E-state index contributed by atoms with van der Waals surface area (Å²) in [7, 11) is 0. The molecule has 7 nitrogen and oxygen atoms in total. The third-order valence-electron chi connectivity index (χ3n) is 4.10. The van der Waals surface area contributed by atoms with Crippen molar-refractivity contribution in [3.05, 3.63) is 88.6 Å². The fraction of sp³-hybridized carbons (Fsp3) is 0. The molecule has 0 spiro atoms. The highest BCUT2D eigenvalue weighted by Crippen LogP contribution is 2.32. The number of non-ortho nitro benzene ring substituents is 1. The van der Waals surface area contributed by atoms with Gasteiger partial charge in [-0.25, -0.2) is 9.98 Å². The second-order valence-corrected chi connectivity index (χ2v) is 5.84. The lowest BCUT2D eigenvalue weighted by molar-refractivity contribution is -0.384. The Morgan fingerprint density at radius 1 is 1.07 bits per heavy atom. The molecule has 0 bridgehead atoms. The predicted octanol–water partition coefficient (Wildman–Crippen LogP) is 4.37. The summed E-state index contributed by atoms with van der Waals surface area (Å²) in [5, 5.41) is 21.1. The summed E-state index contributed by atoms with van der Waals surface area (Å²) in [4.78, 5) is 19.8. The topological polar surface area (TPSA) is 93.0 Å². The summed E-state index contributed by atoms with van der Waals surface area (Å²) in [6, 6.07) is 18.7. The zero-order valence-electron chi connectivity index (χ0n) is 14.1. The zero-order valence-corrected chi connectivity index (χ0v) is 14.1. The number of aromatic hydroxyl groups is 1. The molecule has 4 rings (SSSR count). The van der Waals surface area contributed by atoms with Crippen molar-refractivity contribution in [2.24, 2.45) is 4.99 Å². The summed E-state index contributed by atoms with van der Waals surface area (Å²) < 4.78 is 1.80. The summed E-state index contributed by atoms with van der Waals surface area (Å²) >= 11 is 0. The van der Waals surface area contributed by atoms with E-state index in [9.17, 15) is 15.2 Å². The average molecular weight is 358 g/mol. The molecule has 0 unspecified atom stereocenters. The van der Waals surface area contributed by atoms with Gasteiger partial charge in [0.25, 0.3) is 5.69 Å². The Bertz CT molecular complexity index is 1180. The first kappa shape index (κ1) is 16.5. The molecular weight excluding hydrogens is 344 g/mol. The van der Waals surface area contributed by atoms with Gasteiger partial charge >= 0.3 is 0 Å². The van der Waals surface area contributed by atoms with Gasteiger partial charge in [-0.15, -0.1) is 0 Å². The van der Waals surface area contributed by atoms with Crippen LogP contribution in [-0.2, 0) is 0 Å². The van der Waals surface area contributed by atoms with Gasteiger partial charge in [0.05, 0.1) is 4.92 Å². The number of benzene rings is 2. The lowest BCUT2D eigenvalue weighted by Gasteiger charge is -2.01. The molecule has 2 aromatic carbocycles. The SMILES string of the molecule is O=[N+]([O-])c1cccc(-c2nc3ccccn3c2N=Cc2ccccc2O)c1. The van der Waals surface area contributed by atoms with Gasteiger partial charge in [-0.3, -0.25) is 14.5 Å². The first-order chi connectivity index (χ1) is 13.1. The minimum Gasteiger partial charge on any atom is -0.507 e. The van der Waals surface area contributed by atoms with Crippen LogP contribution in [-0.4, -0.2) is 25.6 Å². The molecule has 0 aliphatic rings. The van der Waals surface area contributed by atoms with E-state index in [1.165, 1.54) is 12.1 Å². The minimum absolute atomic E-state index is 0.0137. The van der Waals surface area contributed by atoms with Gasteiger partial charge in [-0.05, 0) is 24.3 Å². The molecule has 7 heteroatoms. The predicted molar refractivity (Wildman–Crippen MR) is 103 cm³/mol. The Kier molecular flexibility index (Phi) is 4.10. The van der Waals surface area contributed by atoms with Crippen molar-refractivity contribution >= 4 is 23.4 Å². The first-order valence-electron chi connectivity index (χ1n) is 8.17. The number of imidazole rings is 1. The van der Waals surface area contributed by atoms with Crippen LogP contribution in [0.15, 0.2) is 77.9 Å². The third kappa shape index (κ3) is 3.13. The van der Waals surface area contributed by atoms with Gasteiger partial charge < -0.3 is 5.11 Å². The Morgan fingerprint density at radius 3 is 2.70 bits per heavy atom. The molecule has 132 valence electrons. The van der Waals surface area contributed by atoms with Crippen molar-refractivity contribution in [2.75, 3.05) is 0 Å². The molecule has 0 saturated carbocycles. The highest BCUT2D eigenvalue weighted by molar-refractivity contribution is 5.87. The van der Waals surface area contributed by atoms with Crippen molar-refractivity contribution in [3.8, 4) is 17.0 Å². The lowest BCUT2D eigenvalue weighted by atomic mass is 10.1. The van der Waals surface area contributed by atoms with Gasteiger partial charge in [0.1, 0.15) is 17.1 Å². The zero-order chi connectivity index (χ0) is 18.8. The van der Waals surface area contributed by atoms with Crippen LogP contribution >= 0.6 is 0 Å². The number of hydrogen-bond acceptors (Lipinski definition) is 5. The van der Waals surface area contributed by atoms with Crippen LogP contribution in [0.3, 0.4) is 0 Å². The van der Waals surface area contributed by atoms with E-state index >= 15 is 0 Å². The first-order valence-corrected chi connectivity index (χ1v) is 8.17. The molecule has 4 aromatic rings. The number of nitro groups is 1. The van der Waals surface area contributed by atoms with Crippen molar-refractivity contribution in [1.29, 1.82) is 0 Å². The second kappa shape index (κ2) is 6.72. The van der Waals surface area contributed by atoms with E-state index in [-0.39, 0.29) is 11.4 Å². The number of phenols is 1. The van der Waals surface area contributed by atoms with Gasteiger partial charge in [-0.2, -0.15) is 0 Å². The Hall–Kier alpha value is -4.00. The van der Waals surface area contributed by atoms with E-state index in [4.69, 9.17) is 0 Å². The van der Waals surface area contributed by atoms with Crippen LogP contribution in [0, 0.1) is 10.1 Å². The maximum Gasteiger partial charge on any atom is 0.270 e. The Morgan fingerprint density at radius 2 is 1.89 bits per heavy atom. The van der Waals surface area contributed by atoms with E-state index < -0.39 is 4.92 Å². The molecule has 0 amide bonds. The highest BCUT2D eigenvalue weighted by Gasteiger charge is 2.16. The average Bonchev–Trinajstić information content (AvgIpc) is 3.06. The monoisotopic (exact) mass is 358 g/mol. The lowest BCUT2D eigenvalue weighted by Crippen LogP contribution is -1.89. The second-order valence-electron chi connectivity index (χ2n) is 5.84. The smallest absolute Gasteiger partial charge is 0.270 e. The van der Waals surface area contributed by atoms with Crippen molar-refractivity contribution in [2.45, 2.75) is 0 Å². The number of aliphatic imine (C=N–C) groups is 1. The van der Waals surface area contributed by atoms with Crippen LogP contribution in [0.5, 0.6) is 5.75 Å². The normalized spacial score (nSPS) is 11.3. The summed E-state index contributed by atoms with van der Waals surface area (Å²) in [5.74, 6) is 0.640. The van der Waals surface area contributed by atoms with E-state index in [0.717, 1.165) is 0 Å². The van der Waals surface area contributed by atoms with Gasteiger partial charge in [0.15, 0.2) is 5.82 Å². The third-order valence-corrected chi connectivity index (χ3v) is 4.10. The maximum atomic E-state index is 11.1. The highest BCUT2D eigenvalue weighted by atomic mass is 16.6. The van der Waals surface area contributed by atoms with Gasteiger partial charge in [0.2, 0.25) is 0 Å². The maximum absolute atomic E-state index is 11.1. The summed E-state index contributed by atoms with van der Waals surface area (Å²) in [6.07, 6.45) is 3.37.